The topological polar surface area (TPSA) is 77.2 Å². The van der Waals surface area contributed by atoms with Crippen LogP contribution in [0.3, 0.4) is 0 Å². The maximum absolute atomic E-state index is 13.3. The van der Waals surface area contributed by atoms with Gasteiger partial charge < -0.3 is 14.6 Å². The van der Waals surface area contributed by atoms with Crippen molar-refractivity contribution in [1.82, 2.24) is 10.1 Å². The Balaban J connectivity index is 1.44. The van der Waals surface area contributed by atoms with E-state index in [1.165, 1.54) is 5.56 Å². The van der Waals surface area contributed by atoms with Crippen molar-refractivity contribution < 1.29 is 14.1 Å². The van der Waals surface area contributed by atoms with E-state index in [4.69, 9.17) is 9.26 Å². The Kier molecular flexibility index (Phi) is 5.34. The first kappa shape index (κ1) is 19.2. The van der Waals surface area contributed by atoms with E-state index in [0.29, 0.717) is 17.5 Å². The summed E-state index contributed by atoms with van der Waals surface area (Å²) in [4.78, 5) is 17.4. The number of nitrogens with zero attached hydrogens (tertiary/aromatic N) is 2. The Morgan fingerprint density at radius 3 is 2.55 bits per heavy atom. The van der Waals surface area contributed by atoms with Crippen molar-refractivity contribution in [1.29, 1.82) is 0 Å². The van der Waals surface area contributed by atoms with Gasteiger partial charge in [-0.25, -0.2) is 0 Å². The highest BCUT2D eigenvalue weighted by atomic mass is 16.5. The van der Waals surface area contributed by atoms with Crippen LogP contribution in [-0.2, 0) is 16.8 Å². The largest absolute Gasteiger partial charge is 0.485 e. The lowest BCUT2D eigenvalue weighted by molar-refractivity contribution is -0.121. The van der Waals surface area contributed by atoms with Crippen molar-refractivity contribution in [2.45, 2.75) is 51.6 Å². The van der Waals surface area contributed by atoms with Crippen molar-refractivity contribution >= 4 is 11.6 Å². The number of aromatic nitrogens is 2. The van der Waals surface area contributed by atoms with E-state index in [2.05, 4.69) is 40.6 Å². The molecule has 1 fully saturated rings. The molecule has 1 aromatic heterocycles. The zero-order valence-corrected chi connectivity index (χ0v) is 16.8. The van der Waals surface area contributed by atoms with Crippen LogP contribution in [0.2, 0.25) is 0 Å². The van der Waals surface area contributed by atoms with Gasteiger partial charge in [-0.15, -0.1) is 0 Å². The van der Waals surface area contributed by atoms with Gasteiger partial charge in [0.15, 0.2) is 6.61 Å². The van der Waals surface area contributed by atoms with E-state index < -0.39 is 5.41 Å². The number of aryl methyl sites for hydroxylation is 2. The quantitative estimate of drug-likeness (QED) is 0.658. The van der Waals surface area contributed by atoms with Crippen LogP contribution < -0.4 is 10.1 Å². The van der Waals surface area contributed by atoms with E-state index in [1.54, 1.807) is 6.92 Å². The summed E-state index contributed by atoms with van der Waals surface area (Å²) in [5, 5.41) is 6.92. The molecule has 1 heterocycles. The third-order valence-corrected chi connectivity index (χ3v) is 5.51. The summed E-state index contributed by atoms with van der Waals surface area (Å²) < 4.78 is 10.6. The first-order chi connectivity index (χ1) is 14.0. The number of hydrogen-bond acceptors (Lipinski definition) is 5. The van der Waals surface area contributed by atoms with Crippen molar-refractivity contribution in [2.75, 3.05) is 5.32 Å². The monoisotopic (exact) mass is 391 g/mol. The standard InChI is InChI=1S/C23H25N3O3/c1-16-6-5-7-18(14-16)23(12-3-4-13-23)22(27)25-19-8-10-20(11-9-19)28-15-21-24-17(2)29-26-21/h5-11,14H,3-4,12-13,15H2,1-2H3,(H,25,27). The second-order valence-corrected chi connectivity index (χ2v) is 7.66. The Morgan fingerprint density at radius 2 is 1.90 bits per heavy atom. The Morgan fingerprint density at radius 1 is 1.14 bits per heavy atom. The number of amides is 1. The predicted octanol–water partition coefficient (Wildman–Crippen LogP) is 4.72. The highest BCUT2D eigenvalue weighted by Crippen LogP contribution is 2.42. The van der Waals surface area contributed by atoms with Crippen molar-refractivity contribution in [2.24, 2.45) is 0 Å². The molecule has 4 rings (SSSR count). The predicted molar refractivity (Wildman–Crippen MR) is 110 cm³/mol. The normalized spacial score (nSPS) is 15.2. The summed E-state index contributed by atoms with van der Waals surface area (Å²) in [5.41, 5.74) is 2.61. The van der Waals surface area contributed by atoms with Crippen LogP contribution in [0.25, 0.3) is 0 Å². The number of rotatable bonds is 6. The number of carbonyl (C=O) groups excluding carboxylic acids is 1. The molecule has 0 atom stereocenters. The van der Waals surface area contributed by atoms with Gasteiger partial charge in [-0.05, 0) is 49.6 Å². The fourth-order valence-corrected chi connectivity index (χ4v) is 4.00. The fourth-order valence-electron chi connectivity index (χ4n) is 4.00. The summed E-state index contributed by atoms with van der Waals surface area (Å²) in [6.07, 6.45) is 3.91. The molecule has 1 N–H and O–H groups in total. The molecule has 3 aromatic rings. The molecule has 1 aliphatic rings. The summed E-state index contributed by atoms with van der Waals surface area (Å²) >= 11 is 0. The first-order valence-electron chi connectivity index (χ1n) is 9.96. The van der Waals surface area contributed by atoms with Crippen molar-refractivity contribution in [3.8, 4) is 5.75 Å². The van der Waals surface area contributed by atoms with Gasteiger partial charge in [-0.1, -0.05) is 47.8 Å². The van der Waals surface area contributed by atoms with Gasteiger partial charge >= 0.3 is 0 Å². The SMILES string of the molecule is Cc1cccc(C2(C(=O)Nc3ccc(OCc4noc(C)n4)cc3)CCCC2)c1. The molecular formula is C23H25N3O3. The van der Waals surface area contributed by atoms with Gasteiger partial charge in [0, 0.05) is 12.6 Å². The second kappa shape index (κ2) is 8.07. The highest BCUT2D eigenvalue weighted by Gasteiger charge is 2.42. The molecule has 6 nitrogen and oxygen atoms in total. The zero-order chi connectivity index (χ0) is 20.3. The van der Waals surface area contributed by atoms with Crippen LogP contribution in [-0.4, -0.2) is 16.0 Å². The molecule has 29 heavy (non-hydrogen) atoms. The lowest BCUT2D eigenvalue weighted by Crippen LogP contribution is -2.38. The molecular weight excluding hydrogens is 366 g/mol. The van der Waals surface area contributed by atoms with Crippen LogP contribution in [0.4, 0.5) is 5.69 Å². The molecule has 1 saturated carbocycles. The van der Waals surface area contributed by atoms with Gasteiger partial charge in [-0.2, -0.15) is 4.98 Å². The van der Waals surface area contributed by atoms with Crippen LogP contribution in [0.1, 0.15) is 48.5 Å². The summed E-state index contributed by atoms with van der Waals surface area (Å²) in [6, 6.07) is 15.7. The fraction of sp³-hybridized carbons (Fsp3) is 0.348. The molecule has 0 spiro atoms. The molecule has 0 aliphatic heterocycles. The van der Waals surface area contributed by atoms with Crippen LogP contribution in [0.15, 0.2) is 53.1 Å². The van der Waals surface area contributed by atoms with Crippen LogP contribution in [0.5, 0.6) is 5.75 Å². The molecule has 0 unspecified atom stereocenters. The Bertz CT molecular complexity index is 989. The van der Waals surface area contributed by atoms with Gasteiger partial charge in [-0.3, -0.25) is 4.79 Å². The van der Waals surface area contributed by atoms with E-state index in [1.807, 2.05) is 30.3 Å². The van der Waals surface area contributed by atoms with E-state index >= 15 is 0 Å². The van der Waals surface area contributed by atoms with Gasteiger partial charge in [0.25, 0.3) is 0 Å². The Hall–Kier alpha value is -3.15. The molecule has 0 radical (unpaired) electrons. The molecule has 6 heteroatoms. The minimum Gasteiger partial charge on any atom is -0.485 e. The zero-order valence-electron chi connectivity index (χ0n) is 16.8. The number of nitrogens with one attached hydrogen (secondary N) is 1. The molecule has 1 aliphatic carbocycles. The molecule has 150 valence electrons. The average molecular weight is 391 g/mol. The maximum atomic E-state index is 13.3. The minimum atomic E-state index is -0.447. The van der Waals surface area contributed by atoms with Gasteiger partial charge in [0.2, 0.25) is 17.6 Å². The number of ether oxygens (including phenoxy) is 1. The maximum Gasteiger partial charge on any atom is 0.235 e. The van der Waals surface area contributed by atoms with E-state index in [0.717, 1.165) is 36.9 Å². The van der Waals surface area contributed by atoms with Crippen molar-refractivity contribution in [3.05, 3.63) is 71.4 Å². The van der Waals surface area contributed by atoms with Gasteiger partial charge in [0.05, 0.1) is 5.41 Å². The number of benzene rings is 2. The first-order valence-corrected chi connectivity index (χ1v) is 9.96. The lowest BCUT2D eigenvalue weighted by atomic mass is 9.77. The van der Waals surface area contributed by atoms with E-state index in [-0.39, 0.29) is 12.5 Å². The third-order valence-electron chi connectivity index (χ3n) is 5.51. The smallest absolute Gasteiger partial charge is 0.235 e. The third kappa shape index (κ3) is 4.16. The summed E-state index contributed by atoms with van der Waals surface area (Å²) in [5.74, 6) is 1.76. The number of hydrogen-bond donors (Lipinski definition) is 1. The average Bonchev–Trinajstić information content (AvgIpc) is 3.37. The molecule has 2 aromatic carbocycles. The number of carbonyl (C=O) groups is 1. The van der Waals surface area contributed by atoms with E-state index in [9.17, 15) is 4.79 Å². The molecule has 0 saturated heterocycles. The van der Waals surface area contributed by atoms with Crippen LogP contribution in [0, 0.1) is 13.8 Å². The lowest BCUT2D eigenvalue weighted by Gasteiger charge is -2.28. The summed E-state index contributed by atoms with van der Waals surface area (Å²) in [7, 11) is 0. The summed E-state index contributed by atoms with van der Waals surface area (Å²) in [6.45, 7) is 4.04. The van der Waals surface area contributed by atoms with Crippen LogP contribution >= 0.6 is 0 Å². The second-order valence-electron chi connectivity index (χ2n) is 7.66. The minimum absolute atomic E-state index is 0.0662. The molecule has 0 bridgehead atoms. The Labute approximate surface area is 170 Å². The molecule has 1 amide bonds. The van der Waals surface area contributed by atoms with Crippen molar-refractivity contribution in [3.63, 3.8) is 0 Å². The number of anilines is 1. The van der Waals surface area contributed by atoms with Gasteiger partial charge in [0.1, 0.15) is 5.75 Å². The highest BCUT2D eigenvalue weighted by molar-refractivity contribution is 5.99.